The Bertz CT molecular complexity index is 1320. The molecule has 1 atom stereocenters. The maximum Gasteiger partial charge on any atom is 0.272 e. The topological polar surface area (TPSA) is 94.8 Å². The Morgan fingerprint density at radius 1 is 1.19 bits per heavy atom. The zero-order chi connectivity index (χ0) is 22.2. The molecular weight excluding hydrogens is 428 g/mol. The number of fused-ring (bicyclic) bond motifs is 1. The highest BCUT2D eigenvalue weighted by Gasteiger charge is 2.33. The third kappa shape index (κ3) is 3.58. The van der Waals surface area contributed by atoms with Crippen LogP contribution in [0.15, 0.2) is 54.7 Å². The third-order valence-electron chi connectivity index (χ3n) is 5.48. The molecule has 2 aromatic carbocycles. The summed E-state index contributed by atoms with van der Waals surface area (Å²) in [5, 5.41) is 16.5. The molecule has 0 radical (unpaired) electrons. The quantitative estimate of drug-likeness (QED) is 0.505. The minimum Gasteiger partial charge on any atom is -0.497 e. The van der Waals surface area contributed by atoms with Crippen molar-refractivity contribution in [1.29, 1.82) is 0 Å². The number of nitrogens with zero attached hydrogens (tertiary/aromatic N) is 5. The molecule has 4 aromatic rings. The number of nitrogens with one attached hydrogen (secondary N) is 1. The standard InChI is InChI=1S/C23H19ClN6O2/c1-13-21-18(14-6-8-16(24)9-7-14)11-20(31)27-22(21)30(29-13)23-26-19(12-25-28-23)15-4-3-5-17(10-15)32-2/h3-10,12,18H,11H2,1-2H3,(H,27,31)/t18-/m1/s1. The zero-order valence-electron chi connectivity index (χ0n) is 17.4. The summed E-state index contributed by atoms with van der Waals surface area (Å²) in [6.45, 7) is 1.91. The number of benzene rings is 2. The Morgan fingerprint density at radius 3 is 2.78 bits per heavy atom. The van der Waals surface area contributed by atoms with E-state index in [4.69, 9.17) is 16.3 Å². The van der Waals surface area contributed by atoms with Gasteiger partial charge in [-0.25, -0.2) is 4.98 Å². The van der Waals surface area contributed by atoms with Gasteiger partial charge in [-0.3, -0.25) is 4.79 Å². The summed E-state index contributed by atoms with van der Waals surface area (Å²) in [6, 6.07) is 15.1. The highest BCUT2D eigenvalue weighted by atomic mass is 35.5. The largest absolute Gasteiger partial charge is 0.497 e. The summed E-state index contributed by atoms with van der Waals surface area (Å²) in [4.78, 5) is 17.2. The second kappa shape index (κ2) is 8.05. The molecule has 3 heterocycles. The van der Waals surface area contributed by atoms with E-state index in [1.165, 1.54) is 0 Å². The summed E-state index contributed by atoms with van der Waals surface area (Å²) in [5.74, 6) is 1.30. The number of aromatic nitrogens is 5. The number of ether oxygens (including phenoxy) is 1. The SMILES string of the molecule is COc1cccc(-c2cnnc(-n3nc(C)c4c3NC(=O)C[C@@H]4c3ccc(Cl)cc3)n2)c1. The minimum atomic E-state index is -0.140. The predicted octanol–water partition coefficient (Wildman–Crippen LogP) is 4.17. The molecule has 5 rings (SSSR count). The van der Waals surface area contributed by atoms with Gasteiger partial charge >= 0.3 is 0 Å². The first kappa shape index (κ1) is 20.1. The van der Waals surface area contributed by atoms with Crippen LogP contribution in [0.4, 0.5) is 5.82 Å². The number of hydrogen-bond acceptors (Lipinski definition) is 6. The van der Waals surface area contributed by atoms with Crippen molar-refractivity contribution < 1.29 is 9.53 Å². The maximum absolute atomic E-state index is 12.6. The first-order valence-electron chi connectivity index (χ1n) is 10.0. The molecule has 8 nitrogen and oxygen atoms in total. The first-order chi connectivity index (χ1) is 15.5. The van der Waals surface area contributed by atoms with Crippen molar-refractivity contribution in [3.05, 3.63) is 76.6 Å². The molecule has 9 heteroatoms. The summed E-state index contributed by atoms with van der Waals surface area (Å²) >= 11 is 6.05. The Kier molecular flexibility index (Phi) is 5.07. The summed E-state index contributed by atoms with van der Waals surface area (Å²) < 4.78 is 6.85. The second-order valence-corrected chi connectivity index (χ2v) is 7.93. The van der Waals surface area contributed by atoms with E-state index in [9.17, 15) is 4.79 Å². The monoisotopic (exact) mass is 446 g/mol. The van der Waals surface area contributed by atoms with Gasteiger partial charge in [0.25, 0.3) is 5.95 Å². The number of carbonyl (C=O) groups excluding carboxylic acids is 1. The first-order valence-corrected chi connectivity index (χ1v) is 10.4. The van der Waals surface area contributed by atoms with E-state index in [2.05, 4.69) is 25.6 Å². The summed E-state index contributed by atoms with van der Waals surface area (Å²) in [6.07, 6.45) is 1.90. The summed E-state index contributed by atoms with van der Waals surface area (Å²) in [5.41, 5.74) is 4.17. The molecular formula is C23H19ClN6O2. The van der Waals surface area contributed by atoms with Crippen LogP contribution in [-0.4, -0.2) is 38.0 Å². The van der Waals surface area contributed by atoms with Crippen molar-refractivity contribution >= 4 is 23.3 Å². The Hall–Kier alpha value is -3.78. The van der Waals surface area contributed by atoms with Crippen LogP contribution in [0, 0.1) is 6.92 Å². The van der Waals surface area contributed by atoms with Gasteiger partial charge in [-0.1, -0.05) is 35.9 Å². The lowest BCUT2D eigenvalue weighted by atomic mass is 9.86. The van der Waals surface area contributed by atoms with Gasteiger partial charge in [0, 0.05) is 28.5 Å². The van der Waals surface area contributed by atoms with Gasteiger partial charge in [0.1, 0.15) is 11.6 Å². The van der Waals surface area contributed by atoms with Crippen LogP contribution in [0.25, 0.3) is 17.2 Å². The number of aryl methyl sites for hydroxylation is 1. The average Bonchev–Trinajstić information content (AvgIpc) is 3.15. The van der Waals surface area contributed by atoms with E-state index in [-0.39, 0.29) is 17.8 Å². The minimum absolute atomic E-state index is 0.101. The molecule has 160 valence electrons. The Morgan fingerprint density at radius 2 is 2.00 bits per heavy atom. The van der Waals surface area contributed by atoms with Gasteiger partial charge in [0.15, 0.2) is 0 Å². The van der Waals surface area contributed by atoms with Crippen molar-refractivity contribution in [2.75, 3.05) is 12.4 Å². The maximum atomic E-state index is 12.6. The lowest BCUT2D eigenvalue weighted by Crippen LogP contribution is -2.25. The lowest BCUT2D eigenvalue weighted by Gasteiger charge is -2.24. The van der Waals surface area contributed by atoms with Crippen molar-refractivity contribution in [3.63, 3.8) is 0 Å². The van der Waals surface area contributed by atoms with Crippen LogP contribution in [0.5, 0.6) is 5.75 Å². The van der Waals surface area contributed by atoms with Crippen LogP contribution in [-0.2, 0) is 4.79 Å². The van der Waals surface area contributed by atoms with Gasteiger partial charge < -0.3 is 10.1 Å². The molecule has 1 aliphatic heterocycles. The molecule has 0 unspecified atom stereocenters. The van der Waals surface area contributed by atoms with Crippen LogP contribution in [0.1, 0.15) is 29.2 Å². The third-order valence-corrected chi connectivity index (χ3v) is 5.73. The van der Waals surface area contributed by atoms with Crippen LogP contribution >= 0.6 is 11.6 Å². The molecule has 0 fully saturated rings. The van der Waals surface area contributed by atoms with Crippen molar-refractivity contribution in [1.82, 2.24) is 25.0 Å². The van der Waals surface area contributed by atoms with Crippen molar-refractivity contribution in [2.24, 2.45) is 0 Å². The molecule has 0 spiro atoms. The van der Waals surface area contributed by atoms with E-state index in [1.54, 1.807) is 18.0 Å². The fourth-order valence-corrected chi connectivity index (χ4v) is 4.10. The molecule has 0 aliphatic carbocycles. The normalized spacial score (nSPS) is 15.2. The van der Waals surface area contributed by atoms with E-state index in [1.807, 2.05) is 55.5 Å². The number of carbonyl (C=O) groups is 1. The highest BCUT2D eigenvalue weighted by molar-refractivity contribution is 6.30. The van der Waals surface area contributed by atoms with E-state index < -0.39 is 0 Å². The molecule has 32 heavy (non-hydrogen) atoms. The second-order valence-electron chi connectivity index (χ2n) is 7.49. The number of anilines is 1. The number of halogens is 1. The molecule has 1 aliphatic rings. The molecule has 1 amide bonds. The molecule has 0 bridgehead atoms. The number of methoxy groups -OCH3 is 1. The fraction of sp³-hybridized carbons (Fsp3) is 0.174. The molecule has 0 saturated carbocycles. The van der Waals surface area contributed by atoms with Gasteiger partial charge in [-0.2, -0.15) is 14.9 Å². The molecule has 0 saturated heterocycles. The van der Waals surface area contributed by atoms with Gasteiger partial charge in [0.05, 0.1) is 24.7 Å². The number of amides is 1. The van der Waals surface area contributed by atoms with Crippen molar-refractivity contribution in [3.8, 4) is 23.0 Å². The highest BCUT2D eigenvalue weighted by Crippen LogP contribution is 2.40. The van der Waals surface area contributed by atoms with E-state index in [0.717, 1.165) is 22.4 Å². The van der Waals surface area contributed by atoms with Crippen molar-refractivity contribution in [2.45, 2.75) is 19.3 Å². The van der Waals surface area contributed by atoms with Crippen LogP contribution in [0.3, 0.4) is 0 Å². The molecule has 1 N–H and O–H groups in total. The zero-order valence-corrected chi connectivity index (χ0v) is 18.2. The number of hydrogen-bond donors (Lipinski definition) is 1. The van der Waals surface area contributed by atoms with E-state index in [0.29, 0.717) is 28.7 Å². The van der Waals surface area contributed by atoms with Gasteiger partial charge in [0.2, 0.25) is 5.91 Å². The number of rotatable bonds is 4. The Labute approximate surface area is 189 Å². The van der Waals surface area contributed by atoms with Crippen LogP contribution < -0.4 is 10.1 Å². The van der Waals surface area contributed by atoms with Gasteiger partial charge in [-0.15, -0.1) is 5.10 Å². The lowest BCUT2D eigenvalue weighted by molar-refractivity contribution is -0.116. The van der Waals surface area contributed by atoms with E-state index >= 15 is 0 Å². The molecule has 2 aromatic heterocycles. The predicted molar refractivity (Wildman–Crippen MR) is 120 cm³/mol. The van der Waals surface area contributed by atoms with Gasteiger partial charge in [-0.05, 0) is 36.8 Å². The smallest absolute Gasteiger partial charge is 0.272 e. The fourth-order valence-electron chi connectivity index (χ4n) is 3.98. The Balaban J connectivity index is 1.60. The average molecular weight is 447 g/mol. The van der Waals surface area contributed by atoms with Crippen LogP contribution in [0.2, 0.25) is 5.02 Å². The summed E-state index contributed by atoms with van der Waals surface area (Å²) in [7, 11) is 1.61.